The molecule has 0 radical (unpaired) electrons. The lowest BCUT2D eigenvalue weighted by Gasteiger charge is -2.33. The van der Waals surface area contributed by atoms with E-state index in [1.807, 2.05) is 32.7 Å². The fraction of sp³-hybridized carbons (Fsp3) is 0.917. The third-order valence-electron chi connectivity index (χ3n) is 2.21. The van der Waals surface area contributed by atoms with Crippen molar-refractivity contribution in [3.05, 3.63) is 0 Å². The molecule has 0 aliphatic carbocycles. The number of likely N-dealkylation sites (N-methyl/N-ethyl adjacent to an activating group) is 2. The van der Waals surface area contributed by atoms with Gasteiger partial charge in [0, 0.05) is 13.6 Å². The number of hydrogen-bond donors (Lipinski definition) is 1. The Morgan fingerprint density at radius 3 is 2.00 bits per heavy atom. The van der Waals surface area contributed by atoms with Gasteiger partial charge in [0.1, 0.15) is 0 Å². The van der Waals surface area contributed by atoms with Gasteiger partial charge < -0.3 is 10.2 Å². The molecule has 0 heterocycles. The maximum atomic E-state index is 12.1. The summed E-state index contributed by atoms with van der Waals surface area (Å²) in [7, 11) is 1.87. The van der Waals surface area contributed by atoms with Crippen LogP contribution in [-0.2, 0) is 4.79 Å². The van der Waals surface area contributed by atoms with E-state index < -0.39 is 5.54 Å². The van der Waals surface area contributed by atoms with Gasteiger partial charge in [-0.15, -0.1) is 0 Å². The summed E-state index contributed by atoms with van der Waals surface area (Å²) in [6, 6.07) is 0. The molecule has 90 valence electrons. The van der Waals surface area contributed by atoms with Gasteiger partial charge in [-0.1, -0.05) is 27.7 Å². The van der Waals surface area contributed by atoms with Crippen molar-refractivity contribution in [1.29, 1.82) is 0 Å². The van der Waals surface area contributed by atoms with Crippen LogP contribution >= 0.6 is 0 Å². The fourth-order valence-corrected chi connectivity index (χ4v) is 1.78. The number of rotatable bonds is 4. The number of nitrogens with one attached hydrogen (secondary N) is 1. The molecular weight excluding hydrogens is 188 g/mol. The minimum Gasteiger partial charge on any atom is -0.344 e. The highest BCUT2D eigenvalue weighted by Crippen LogP contribution is 2.16. The average molecular weight is 214 g/mol. The molecule has 0 aromatic carbocycles. The van der Waals surface area contributed by atoms with E-state index in [0.717, 1.165) is 13.1 Å². The Bertz CT molecular complexity index is 216. The van der Waals surface area contributed by atoms with Crippen molar-refractivity contribution in [2.45, 2.75) is 47.1 Å². The van der Waals surface area contributed by atoms with E-state index in [0.29, 0.717) is 0 Å². The van der Waals surface area contributed by atoms with E-state index in [9.17, 15) is 4.79 Å². The molecule has 0 aliphatic rings. The summed E-state index contributed by atoms with van der Waals surface area (Å²) in [5.41, 5.74) is -0.318. The van der Waals surface area contributed by atoms with Crippen LogP contribution in [0.25, 0.3) is 0 Å². The molecule has 0 fully saturated rings. The Morgan fingerprint density at radius 2 is 1.67 bits per heavy atom. The van der Waals surface area contributed by atoms with E-state index in [1.54, 1.807) is 0 Å². The third kappa shape index (κ3) is 5.17. The van der Waals surface area contributed by atoms with Gasteiger partial charge in [0.2, 0.25) is 5.91 Å². The van der Waals surface area contributed by atoms with E-state index in [2.05, 4.69) is 26.1 Å². The lowest BCUT2D eigenvalue weighted by Crippen LogP contribution is -2.54. The zero-order chi connectivity index (χ0) is 12.3. The predicted octanol–water partition coefficient (Wildman–Crippen LogP) is 1.88. The van der Waals surface area contributed by atoms with Crippen molar-refractivity contribution in [3.8, 4) is 0 Å². The molecule has 3 heteroatoms. The van der Waals surface area contributed by atoms with Crippen molar-refractivity contribution in [1.82, 2.24) is 10.2 Å². The van der Waals surface area contributed by atoms with E-state index >= 15 is 0 Å². The largest absolute Gasteiger partial charge is 0.344 e. The minimum atomic E-state index is -0.464. The van der Waals surface area contributed by atoms with Crippen LogP contribution in [0.4, 0.5) is 0 Å². The Balaban J connectivity index is 4.44. The lowest BCUT2D eigenvalue weighted by molar-refractivity contribution is -0.136. The van der Waals surface area contributed by atoms with Gasteiger partial charge in [0.25, 0.3) is 0 Å². The van der Waals surface area contributed by atoms with Crippen molar-refractivity contribution in [2.24, 2.45) is 5.41 Å². The first kappa shape index (κ1) is 14.4. The maximum Gasteiger partial charge on any atom is 0.242 e. The van der Waals surface area contributed by atoms with Crippen molar-refractivity contribution >= 4 is 5.91 Å². The molecular formula is C12H26N2O. The second kappa shape index (κ2) is 4.97. The van der Waals surface area contributed by atoms with Crippen molar-refractivity contribution in [3.63, 3.8) is 0 Å². The summed E-state index contributed by atoms with van der Waals surface area (Å²) >= 11 is 0. The normalized spacial score (nSPS) is 12.7. The van der Waals surface area contributed by atoms with E-state index in [1.165, 1.54) is 0 Å². The number of nitrogens with zero attached hydrogens (tertiary/aromatic N) is 1. The first-order valence-corrected chi connectivity index (χ1v) is 5.61. The molecule has 0 spiro atoms. The summed E-state index contributed by atoms with van der Waals surface area (Å²) in [6.45, 7) is 13.9. The van der Waals surface area contributed by atoms with Gasteiger partial charge >= 0.3 is 0 Å². The van der Waals surface area contributed by atoms with Crippen LogP contribution in [0, 0.1) is 5.41 Å². The molecule has 0 bridgehead atoms. The van der Waals surface area contributed by atoms with Gasteiger partial charge in [-0.2, -0.15) is 0 Å². The fourth-order valence-electron chi connectivity index (χ4n) is 1.78. The summed E-state index contributed by atoms with van der Waals surface area (Å²) in [4.78, 5) is 13.9. The first-order chi connectivity index (χ1) is 6.60. The Labute approximate surface area is 94.2 Å². The zero-order valence-electron chi connectivity index (χ0n) is 11.3. The molecule has 0 saturated heterocycles. The predicted molar refractivity (Wildman–Crippen MR) is 64.8 cm³/mol. The zero-order valence-corrected chi connectivity index (χ0v) is 11.3. The molecule has 3 nitrogen and oxygen atoms in total. The van der Waals surface area contributed by atoms with Crippen LogP contribution < -0.4 is 5.32 Å². The molecule has 0 rings (SSSR count). The Hall–Kier alpha value is -0.570. The smallest absolute Gasteiger partial charge is 0.242 e. The molecule has 0 saturated carbocycles. The van der Waals surface area contributed by atoms with Crippen molar-refractivity contribution in [2.75, 3.05) is 20.1 Å². The molecule has 1 N–H and O–H groups in total. The van der Waals surface area contributed by atoms with Gasteiger partial charge in [0.15, 0.2) is 0 Å². The van der Waals surface area contributed by atoms with E-state index in [4.69, 9.17) is 0 Å². The average Bonchev–Trinajstić information content (AvgIpc) is 1.99. The molecule has 0 unspecified atom stereocenters. The second-order valence-corrected chi connectivity index (χ2v) is 5.88. The summed E-state index contributed by atoms with van der Waals surface area (Å²) in [5, 5.41) is 3.20. The summed E-state index contributed by atoms with van der Waals surface area (Å²) < 4.78 is 0. The molecule has 0 aliphatic heterocycles. The molecule has 15 heavy (non-hydrogen) atoms. The lowest BCUT2D eigenvalue weighted by atomic mass is 9.95. The Kier molecular flexibility index (Phi) is 4.78. The van der Waals surface area contributed by atoms with Gasteiger partial charge in [-0.25, -0.2) is 0 Å². The van der Waals surface area contributed by atoms with Crippen LogP contribution in [0.15, 0.2) is 0 Å². The number of hydrogen-bond acceptors (Lipinski definition) is 2. The summed E-state index contributed by atoms with van der Waals surface area (Å²) in [6.07, 6.45) is 0. The van der Waals surface area contributed by atoms with E-state index in [-0.39, 0.29) is 11.3 Å². The van der Waals surface area contributed by atoms with Crippen LogP contribution in [0.2, 0.25) is 0 Å². The Morgan fingerprint density at radius 1 is 1.20 bits per heavy atom. The third-order valence-corrected chi connectivity index (χ3v) is 2.21. The van der Waals surface area contributed by atoms with Crippen LogP contribution in [0.3, 0.4) is 0 Å². The van der Waals surface area contributed by atoms with Crippen LogP contribution in [0.5, 0.6) is 0 Å². The van der Waals surface area contributed by atoms with Crippen LogP contribution in [-0.4, -0.2) is 36.5 Å². The minimum absolute atomic E-state index is 0.146. The topological polar surface area (TPSA) is 32.3 Å². The van der Waals surface area contributed by atoms with Gasteiger partial charge in [-0.3, -0.25) is 4.79 Å². The second-order valence-electron chi connectivity index (χ2n) is 5.88. The summed E-state index contributed by atoms with van der Waals surface area (Å²) in [5.74, 6) is 0.152. The molecule has 0 aromatic rings. The highest BCUT2D eigenvalue weighted by Gasteiger charge is 2.30. The number of carbonyl (C=O) groups is 1. The molecule has 0 aromatic heterocycles. The monoisotopic (exact) mass is 214 g/mol. The van der Waals surface area contributed by atoms with Crippen molar-refractivity contribution < 1.29 is 4.79 Å². The quantitative estimate of drug-likeness (QED) is 0.775. The molecule has 1 amide bonds. The maximum absolute atomic E-state index is 12.1. The van der Waals surface area contributed by atoms with Crippen LogP contribution in [0.1, 0.15) is 41.5 Å². The highest BCUT2D eigenvalue weighted by atomic mass is 16.2. The highest BCUT2D eigenvalue weighted by molar-refractivity contribution is 5.85. The SMILES string of the molecule is CCNC(C)(C)C(=O)N(C)CC(C)(C)C. The first-order valence-electron chi connectivity index (χ1n) is 5.61. The molecule has 0 atom stereocenters. The number of amides is 1. The standard InChI is InChI=1S/C12H26N2O/c1-8-13-12(5,6)10(15)14(7)9-11(2,3)4/h13H,8-9H2,1-7H3. The van der Waals surface area contributed by atoms with Gasteiger partial charge in [-0.05, 0) is 25.8 Å². The van der Waals surface area contributed by atoms with Gasteiger partial charge in [0.05, 0.1) is 5.54 Å². The number of carbonyl (C=O) groups excluding carboxylic acids is 1.